The standard InChI is InChI=1S/C16H20ClFN2O4/c1-8-6-20(7-9(2)24-8)15-12(16(21)23-4)5-11(10(3)19-22)14(18)13(15)17/h5,8-9,22H,6-7H2,1-4H3/t8-,9+. The predicted molar refractivity (Wildman–Crippen MR) is 89.0 cm³/mol. The van der Waals surface area contributed by atoms with E-state index < -0.39 is 11.8 Å². The van der Waals surface area contributed by atoms with Gasteiger partial charge in [-0.25, -0.2) is 9.18 Å². The lowest BCUT2D eigenvalue weighted by Gasteiger charge is -2.38. The van der Waals surface area contributed by atoms with Crippen molar-refractivity contribution in [2.24, 2.45) is 5.16 Å². The Morgan fingerprint density at radius 1 is 1.42 bits per heavy atom. The van der Waals surface area contributed by atoms with Crippen molar-refractivity contribution in [3.8, 4) is 0 Å². The quantitative estimate of drug-likeness (QED) is 0.389. The van der Waals surface area contributed by atoms with Gasteiger partial charge < -0.3 is 19.6 Å². The van der Waals surface area contributed by atoms with Gasteiger partial charge in [-0.1, -0.05) is 16.8 Å². The minimum absolute atomic E-state index is 0.00909. The van der Waals surface area contributed by atoms with E-state index in [2.05, 4.69) is 5.16 Å². The fourth-order valence-corrected chi connectivity index (χ4v) is 3.19. The van der Waals surface area contributed by atoms with Crippen LogP contribution in [0.15, 0.2) is 11.2 Å². The molecule has 1 aromatic carbocycles. The Balaban J connectivity index is 2.65. The molecule has 0 saturated carbocycles. The maximum Gasteiger partial charge on any atom is 0.340 e. The first-order valence-electron chi connectivity index (χ1n) is 7.49. The number of carbonyl (C=O) groups is 1. The van der Waals surface area contributed by atoms with Crippen LogP contribution in [0, 0.1) is 5.82 Å². The fraction of sp³-hybridized carbons (Fsp3) is 0.500. The molecular weight excluding hydrogens is 339 g/mol. The number of anilines is 1. The van der Waals surface area contributed by atoms with Gasteiger partial charge in [-0.15, -0.1) is 0 Å². The zero-order valence-electron chi connectivity index (χ0n) is 14.0. The van der Waals surface area contributed by atoms with E-state index in [9.17, 15) is 9.18 Å². The SMILES string of the molecule is COC(=O)c1cc(C(C)=NO)c(F)c(Cl)c1N1C[C@@H](C)O[C@@H](C)C1. The van der Waals surface area contributed by atoms with E-state index in [1.807, 2.05) is 18.7 Å². The van der Waals surface area contributed by atoms with Gasteiger partial charge in [-0.05, 0) is 26.8 Å². The van der Waals surface area contributed by atoms with Gasteiger partial charge in [0.25, 0.3) is 0 Å². The summed E-state index contributed by atoms with van der Waals surface area (Å²) in [6, 6.07) is 1.29. The molecule has 0 aromatic heterocycles. The summed E-state index contributed by atoms with van der Waals surface area (Å²) in [5.74, 6) is -1.40. The molecule has 0 aliphatic carbocycles. The van der Waals surface area contributed by atoms with Crippen LogP contribution in [0.4, 0.5) is 10.1 Å². The van der Waals surface area contributed by atoms with Crippen molar-refractivity contribution in [1.29, 1.82) is 0 Å². The molecule has 0 unspecified atom stereocenters. The Morgan fingerprint density at radius 2 is 2.00 bits per heavy atom. The van der Waals surface area contributed by atoms with Crippen molar-refractivity contribution < 1.29 is 23.9 Å². The molecule has 0 radical (unpaired) electrons. The second kappa shape index (κ2) is 7.36. The van der Waals surface area contributed by atoms with E-state index in [0.717, 1.165) is 0 Å². The molecule has 0 amide bonds. The largest absolute Gasteiger partial charge is 0.465 e. The van der Waals surface area contributed by atoms with Gasteiger partial charge in [0.15, 0.2) is 5.82 Å². The lowest BCUT2D eigenvalue weighted by Crippen LogP contribution is -2.46. The van der Waals surface area contributed by atoms with Crippen LogP contribution in [-0.4, -0.2) is 49.3 Å². The molecule has 0 spiro atoms. The molecule has 1 fully saturated rings. The van der Waals surface area contributed by atoms with Crippen molar-refractivity contribution in [2.45, 2.75) is 33.0 Å². The van der Waals surface area contributed by atoms with E-state index in [0.29, 0.717) is 13.1 Å². The summed E-state index contributed by atoms with van der Waals surface area (Å²) in [5.41, 5.74) is 0.330. The molecule has 1 N–H and O–H groups in total. The highest BCUT2D eigenvalue weighted by Crippen LogP contribution is 2.36. The Morgan fingerprint density at radius 3 is 2.50 bits per heavy atom. The first-order valence-corrected chi connectivity index (χ1v) is 7.87. The van der Waals surface area contributed by atoms with Crippen molar-refractivity contribution in [3.05, 3.63) is 28.0 Å². The van der Waals surface area contributed by atoms with Crippen LogP contribution in [0.3, 0.4) is 0 Å². The van der Waals surface area contributed by atoms with Gasteiger partial charge in [0, 0.05) is 18.7 Å². The number of oxime groups is 1. The van der Waals surface area contributed by atoms with Crippen LogP contribution in [-0.2, 0) is 9.47 Å². The maximum absolute atomic E-state index is 14.7. The van der Waals surface area contributed by atoms with Gasteiger partial charge in [-0.3, -0.25) is 0 Å². The third kappa shape index (κ3) is 3.47. The number of methoxy groups -OCH3 is 1. The smallest absolute Gasteiger partial charge is 0.340 e. The molecule has 24 heavy (non-hydrogen) atoms. The van der Waals surface area contributed by atoms with Crippen molar-refractivity contribution in [2.75, 3.05) is 25.1 Å². The van der Waals surface area contributed by atoms with Crippen LogP contribution >= 0.6 is 11.6 Å². The lowest BCUT2D eigenvalue weighted by molar-refractivity contribution is -0.00534. The molecule has 8 heteroatoms. The van der Waals surface area contributed by atoms with Gasteiger partial charge in [0.05, 0.1) is 36.3 Å². The maximum atomic E-state index is 14.7. The third-order valence-electron chi connectivity index (χ3n) is 3.86. The van der Waals surface area contributed by atoms with Crippen molar-refractivity contribution in [3.63, 3.8) is 0 Å². The van der Waals surface area contributed by atoms with Crippen molar-refractivity contribution >= 4 is 29.0 Å². The first-order chi connectivity index (χ1) is 11.3. The zero-order valence-corrected chi connectivity index (χ0v) is 14.7. The molecule has 1 aliphatic rings. The van der Waals surface area contributed by atoms with Crippen LogP contribution in [0.25, 0.3) is 0 Å². The summed E-state index contributed by atoms with van der Waals surface area (Å²) >= 11 is 6.23. The molecule has 1 aliphatic heterocycles. The van der Waals surface area contributed by atoms with Gasteiger partial charge >= 0.3 is 5.97 Å². The molecule has 0 bridgehead atoms. The van der Waals surface area contributed by atoms with Crippen LogP contribution in [0.2, 0.25) is 5.02 Å². The first kappa shape index (κ1) is 18.5. The van der Waals surface area contributed by atoms with E-state index in [4.69, 9.17) is 26.3 Å². The molecule has 1 aromatic rings. The van der Waals surface area contributed by atoms with Gasteiger partial charge in [-0.2, -0.15) is 0 Å². The summed E-state index contributed by atoms with van der Waals surface area (Å²) in [6.45, 7) is 6.11. The predicted octanol–water partition coefficient (Wildman–Crippen LogP) is 3.08. The molecule has 2 rings (SSSR count). The third-order valence-corrected chi connectivity index (χ3v) is 4.21. The van der Waals surface area contributed by atoms with Crippen LogP contribution < -0.4 is 4.90 Å². The summed E-state index contributed by atoms with van der Waals surface area (Å²) in [5, 5.41) is 11.7. The number of halogens is 2. The molecule has 1 heterocycles. The summed E-state index contributed by atoms with van der Waals surface area (Å²) in [6.07, 6.45) is -0.197. The molecule has 6 nitrogen and oxygen atoms in total. The molecule has 2 atom stereocenters. The Kier molecular flexibility index (Phi) is 5.66. The highest BCUT2D eigenvalue weighted by molar-refractivity contribution is 6.35. The number of carbonyl (C=O) groups excluding carboxylic acids is 1. The van der Waals surface area contributed by atoms with Crippen LogP contribution in [0.1, 0.15) is 36.7 Å². The van der Waals surface area contributed by atoms with E-state index in [1.54, 1.807) is 0 Å². The number of morpholine rings is 1. The molecule has 132 valence electrons. The number of ether oxygens (including phenoxy) is 2. The number of benzene rings is 1. The highest BCUT2D eigenvalue weighted by Gasteiger charge is 2.31. The minimum Gasteiger partial charge on any atom is -0.465 e. The lowest BCUT2D eigenvalue weighted by atomic mass is 10.0. The Labute approximate surface area is 144 Å². The van der Waals surface area contributed by atoms with Crippen molar-refractivity contribution in [1.82, 2.24) is 0 Å². The normalized spacial score (nSPS) is 21.8. The van der Waals surface area contributed by atoms with E-state index in [1.165, 1.54) is 20.1 Å². The number of nitrogens with zero attached hydrogens (tertiary/aromatic N) is 2. The number of hydrogen-bond donors (Lipinski definition) is 1. The summed E-state index contributed by atoms with van der Waals surface area (Å²) in [4.78, 5) is 14.0. The fourth-order valence-electron chi connectivity index (χ4n) is 2.87. The Hall–Kier alpha value is -1.86. The van der Waals surface area contributed by atoms with E-state index in [-0.39, 0.29) is 39.8 Å². The number of rotatable bonds is 3. The van der Waals surface area contributed by atoms with Crippen LogP contribution in [0.5, 0.6) is 0 Å². The summed E-state index contributed by atoms with van der Waals surface area (Å²) in [7, 11) is 1.24. The average molecular weight is 359 g/mol. The summed E-state index contributed by atoms with van der Waals surface area (Å²) < 4.78 is 25.1. The second-order valence-electron chi connectivity index (χ2n) is 5.79. The van der Waals surface area contributed by atoms with Gasteiger partial charge in [0.1, 0.15) is 5.02 Å². The minimum atomic E-state index is -0.749. The molecule has 1 saturated heterocycles. The topological polar surface area (TPSA) is 71.4 Å². The Bertz CT molecular complexity index is 671. The molecular formula is C16H20ClFN2O4. The monoisotopic (exact) mass is 358 g/mol. The van der Waals surface area contributed by atoms with Gasteiger partial charge in [0.2, 0.25) is 0 Å². The second-order valence-corrected chi connectivity index (χ2v) is 6.17. The number of hydrogen-bond acceptors (Lipinski definition) is 6. The number of esters is 1. The highest BCUT2D eigenvalue weighted by atomic mass is 35.5. The van der Waals surface area contributed by atoms with E-state index >= 15 is 0 Å². The average Bonchev–Trinajstić information content (AvgIpc) is 2.54. The zero-order chi connectivity index (χ0) is 18.0.